The first-order valence-electron chi connectivity index (χ1n) is 5.87. The lowest BCUT2D eigenvalue weighted by molar-refractivity contribution is -0.158. The van der Waals surface area contributed by atoms with E-state index in [2.05, 4.69) is 20.8 Å². The molecule has 3 nitrogen and oxygen atoms in total. The first kappa shape index (κ1) is 10.9. The maximum absolute atomic E-state index is 11.6. The minimum Gasteiger partial charge on any atom is -0.481 e. The van der Waals surface area contributed by atoms with Gasteiger partial charge in [-0.05, 0) is 31.1 Å². The molecule has 2 saturated heterocycles. The van der Waals surface area contributed by atoms with E-state index in [4.69, 9.17) is 4.74 Å². The number of hydrogen-bond donors (Lipinski definition) is 1. The summed E-state index contributed by atoms with van der Waals surface area (Å²) in [5.41, 5.74) is -0.614. The van der Waals surface area contributed by atoms with Crippen LogP contribution in [-0.4, -0.2) is 23.3 Å². The summed E-state index contributed by atoms with van der Waals surface area (Å²) in [5.74, 6) is -0.0785. The smallest absolute Gasteiger partial charge is 0.312 e. The molecular formula is C12H20O3. The van der Waals surface area contributed by atoms with Crippen molar-refractivity contribution in [2.75, 3.05) is 0 Å². The number of fused-ring (bicyclic) bond motifs is 2. The van der Waals surface area contributed by atoms with Crippen LogP contribution in [-0.2, 0) is 9.53 Å². The van der Waals surface area contributed by atoms with E-state index in [0.29, 0.717) is 12.3 Å². The fourth-order valence-electron chi connectivity index (χ4n) is 3.24. The molecule has 1 N–H and O–H groups in total. The quantitative estimate of drug-likeness (QED) is 0.780. The molecule has 86 valence electrons. The van der Waals surface area contributed by atoms with Crippen LogP contribution in [0.25, 0.3) is 0 Å². The van der Waals surface area contributed by atoms with Gasteiger partial charge in [0.15, 0.2) is 0 Å². The van der Waals surface area contributed by atoms with Crippen LogP contribution in [0.1, 0.15) is 40.0 Å². The molecule has 0 saturated carbocycles. The number of carboxylic acid groups (broad SMARTS) is 1. The van der Waals surface area contributed by atoms with Crippen LogP contribution in [0.2, 0.25) is 0 Å². The molecule has 0 amide bonds. The Labute approximate surface area is 90.8 Å². The molecule has 2 bridgehead atoms. The topological polar surface area (TPSA) is 46.5 Å². The molecule has 3 heteroatoms. The van der Waals surface area contributed by atoms with Crippen LogP contribution in [0, 0.1) is 17.3 Å². The van der Waals surface area contributed by atoms with E-state index in [1.807, 2.05) is 0 Å². The van der Waals surface area contributed by atoms with Crippen molar-refractivity contribution >= 4 is 5.97 Å². The van der Waals surface area contributed by atoms with Gasteiger partial charge < -0.3 is 9.84 Å². The van der Waals surface area contributed by atoms with Crippen molar-refractivity contribution in [2.24, 2.45) is 17.3 Å². The number of ether oxygens (including phenoxy) is 1. The summed E-state index contributed by atoms with van der Waals surface area (Å²) < 4.78 is 5.74. The van der Waals surface area contributed by atoms with Crippen molar-refractivity contribution in [3.8, 4) is 0 Å². The predicted octanol–water partition coefficient (Wildman–Crippen LogP) is 2.30. The molecule has 2 heterocycles. The maximum atomic E-state index is 11.6. The molecule has 0 aromatic rings. The molecule has 2 aliphatic heterocycles. The number of carboxylic acids is 1. The van der Waals surface area contributed by atoms with Crippen molar-refractivity contribution in [3.05, 3.63) is 0 Å². The molecule has 0 spiro atoms. The Hall–Kier alpha value is -0.570. The standard InChI is InChI=1S/C12H20O3/c1-7(2)8(3)12(11(13)14)6-9-4-5-10(12)15-9/h7-10H,4-6H2,1-3H3,(H,13,14). The number of hydrogen-bond acceptors (Lipinski definition) is 2. The number of aliphatic carboxylic acids is 1. The summed E-state index contributed by atoms with van der Waals surface area (Å²) in [4.78, 5) is 11.6. The highest BCUT2D eigenvalue weighted by Crippen LogP contribution is 2.53. The Morgan fingerprint density at radius 1 is 1.40 bits per heavy atom. The van der Waals surface area contributed by atoms with Crippen molar-refractivity contribution in [1.29, 1.82) is 0 Å². The molecular weight excluding hydrogens is 192 g/mol. The summed E-state index contributed by atoms with van der Waals surface area (Å²) in [7, 11) is 0. The van der Waals surface area contributed by atoms with Crippen LogP contribution in [0.5, 0.6) is 0 Å². The summed E-state index contributed by atoms with van der Waals surface area (Å²) in [6.07, 6.45) is 2.84. The molecule has 2 aliphatic rings. The monoisotopic (exact) mass is 212 g/mol. The van der Waals surface area contributed by atoms with E-state index < -0.39 is 11.4 Å². The average molecular weight is 212 g/mol. The van der Waals surface area contributed by atoms with Crippen molar-refractivity contribution in [2.45, 2.75) is 52.2 Å². The molecule has 2 fully saturated rings. The zero-order chi connectivity index (χ0) is 11.2. The summed E-state index contributed by atoms with van der Waals surface area (Å²) in [6, 6.07) is 0. The highest BCUT2D eigenvalue weighted by molar-refractivity contribution is 5.76. The number of rotatable bonds is 3. The molecule has 15 heavy (non-hydrogen) atoms. The second-order valence-electron chi connectivity index (χ2n) is 5.41. The van der Waals surface area contributed by atoms with E-state index in [9.17, 15) is 9.90 Å². The number of carbonyl (C=O) groups is 1. The van der Waals surface area contributed by atoms with E-state index >= 15 is 0 Å². The predicted molar refractivity (Wildman–Crippen MR) is 56.6 cm³/mol. The van der Waals surface area contributed by atoms with Crippen molar-refractivity contribution in [1.82, 2.24) is 0 Å². The van der Waals surface area contributed by atoms with Gasteiger partial charge in [0.05, 0.1) is 17.6 Å². The van der Waals surface area contributed by atoms with Crippen LogP contribution in [0.3, 0.4) is 0 Å². The molecule has 0 aromatic carbocycles. The van der Waals surface area contributed by atoms with Gasteiger partial charge in [-0.1, -0.05) is 20.8 Å². The SMILES string of the molecule is CC(C)C(C)C1(C(=O)O)CC2CCC1O2. The minimum absolute atomic E-state index is 0.0441. The zero-order valence-electron chi connectivity index (χ0n) is 9.69. The highest BCUT2D eigenvalue weighted by atomic mass is 16.5. The van der Waals surface area contributed by atoms with Crippen LogP contribution < -0.4 is 0 Å². The van der Waals surface area contributed by atoms with Crippen LogP contribution in [0.15, 0.2) is 0 Å². The third kappa shape index (κ3) is 1.40. The summed E-state index contributed by atoms with van der Waals surface area (Å²) in [5, 5.41) is 9.53. The Morgan fingerprint density at radius 2 is 2.07 bits per heavy atom. The second kappa shape index (κ2) is 3.48. The highest BCUT2D eigenvalue weighted by Gasteiger charge is 2.60. The molecule has 4 unspecified atom stereocenters. The Balaban J connectivity index is 2.30. The molecule has 4 atom stereocenters. The van der Waals surface area contributed by atoms with Gasteiger partial charge in [-0.25, -0.2) is 0 Å². The minimum atomic E-state index is -0.657. The molecule has 0 aliphatic carbocycles. The van der Waals surface area contributed by atoms with Gasteiger partial charge in [-0.3, -0.25) is 4.79 Å². The fraction of sp³-hybridized carbons (Fsp3) is 0.917. The second-order valence-corrected chi connectivity index (χ2v) is 5.41. The lowest BCUT2D eigenvalue weighted by Crippen LogP contribution is -2.47. The zero-order valence-corrected chi connectivity index (χ0v) is 9.69. The maximum Gasteiger partial charge on any atom is 0.312 e. The largest absolute Gasteiger partial charge is 0.481 e. The first-order chi connectivity index (χ1) is 6.98. The van der Waals surface area contributed by atoms with Gasteiger partial charge in [0, 0.05) is 0 Å². The Kier molecular flexibility index (Phi) is 2.53. The molecule has 2 rings (SSSR count). The lowest BCUT2D eigenvalue weighted by atomic mass is 9.63. The summed E-state index contributed by atoms with van der Waals surface area (Å²) in [6.45, 7) is 6.26. The Bertz CT molecular complexity index is 274. The fourth-order valence-corrected chi connectivity index (χ4v) is 3.24. The molecule has 0 radical (unpaired) electrons. The third-order valence-electron chi connectivity index (χ3n) is 4.46. The van der Waals surface area contributed by atoms with E-state index in [-0.39, 0.29) is 18.1 Å². The van der Waals surface area contributed by atoms with E-state index in [1.165, 1.54) is 0 Å². The van der Waals surface area contributed by atoms with Gasteiger partial charge in [0.25, 0.3) is 0 Å². The molecule has 0 aromatic heterocycles. The van der Waals surface area contributed by atoms with Gasteiger partial charge in [-0.15, -0.1) is 0 Å². The van der Waals surface area contributed by atoms with Crippen LogP contribution >= 0.6 is 0 Å². The van der Waals surface area contributed by atoms with E-state index in [0.717, 1.165) is 12.8 Å². The Morgan fingerprint density at radius 3 is 2.40 bits per heavy atom. The van der Waals surface area contributed by atoms with Gasteiger partial charge in [0.1, 0.15) is 0 Å². The normalized spacial score (nSPS) is 41.1. The van der Waals surface area contributed by atoms with Crippen molar-refractivity contribution < 1.29 is 14.6 Å². The van der Waals surface area contributed by atoms with E-state index in [1.54, 1.807) is 0 Å². The first-order valence-corrected chi connectivity index (χ1v) is 5.87. The van der Waals surface area contributed by atoms with Gasteiger partial charge in [-0.2, -0.15) is 0 Å². The summed E-state index contributed by atoms with van der Waals surface area (Å²) >= 11 is 0. The lowest BCUT2D eigenvalue weighted by Gasteiger charge is -2.38. The average Bonchev–Trinajstić information content (AvgIpc) is 2.75. The van der Waals surface area contributed by atoms with Gasteiger partial charge in [0.2, 0.25) is 0 Å². The van der Waals surface area contributed by atoms with Crippen LogP contribution in [0.4, 0.5) is 0 Å². The third-order valence-corrected chi connectivity index (χ3v) is 4.46. The van der Waals surface area contributed by atoms with Gasteiger partial charge >= 0.3 is 5.97 Å². The van der Waals surface area contributed by atoms with Crippen molar-refractivity contribution in [3.63, 3.8) is 0 Å².